The fourth-order valence-electron chi connectivity index (χ4n) is 2.40. The first-order valence-corrected chi connectivity index (χ1v) is 6.30. The summed E-state index contributed by atoms with van der Waals surface area (Å²) < 4.78 is 0. The Morgan fingerprint density at radius 3 is 2.81 bits per heavy atom. The molecule has 0 saturated carbocycles. The normalized spacial score (nSPS) is 16.0. The summed E-state index contributed by atoms with van der Waals surface area (Å²) in [6, 6.07) is 6.82. The van der Waals surface area contributed by atoms with Gasteiger partial charge in [0.25, 0.3) is 0 Å². The van der Waals surface area contributed by atoms with Crippen molar-refractivity contribution in [3.05, 3.63) is 41.0 Å². The monoisotopic (exact) mass is 215 g/mol. The molecule has 1 aliphatic carbocycles. The Kier molecular flexibility index (Phi) is 3.79. The van der Waals surface area contributed by atoms with E-state index in [4.69, 9.17) is 5.73 Å². The van der Waals surface area contributed by atoms with Crippen LogP contribution < -0.4 is 5.73 Å². The molecule has 0 aliphatic heterocycles. The molecule has 0 unspecified atom stereocenters. The first-order valence-electron chi connectivity index (χ1n) is 6.30. The molecule has 1 aliphatic rings. The predicted molar refractivity (Wildman–Crippen MR) is 70.4 cm³/mol. The van der Waals surface area contributed by atoms with Crippen molar-refractivity contribution in [2.75, 3.05) is 6.54 Å². The molecule has 0 spiro atoms. The molecule has 1 heteroatoms. The zero-order valence-corrected chi connectivity index (χ0v) is 10.1. The minimum absolute atomic E-state index is 0.739. The largest absolute Gasteiger partial charge is 0.330 e. The third-order valence-electron chi connectivity index (χ3n) is 3.42. The molecule has 0 bridgehead atoms. The highest BCUT2D eigenvalue weighted by atomic mass is 14.5. The summed E-state index contributed by atoms with van der Waals surface area (Å²) in [6.45, 7) is 2.91. The number of allylic oxidation sites excluding steroid dienone is 2. The van der Waals surface area contributed by atoms with Crippen molar-refractivity contribution in [3.63, 3.8) is 0 Å². The highest BCUT2D eigenvalue weighted by Gasteiger charge is 2.07. The number of aryl methyl sites for hydroxylation is 1. The van der Waals surface area contributed by atoms with Gasteiger partial charge in [-0.15, -0.1) is 0 Å². The SMILES string of the molecule is Cc1ccc(C2=CCCCC2)cc1CCN. The minimum atomic E-state index is 0.739. The molecule has 0 amide bonds. The van der Waals surface area contributed by atoms with Gasteiger partial charge in [0.15, 0.2) is 0 Å². The molecule has 0 radical (unpaired) electrons. The summed E-state index contributed by atoms with van der Waals surface area (Å²) in [5.74, 6) is 0. The van der Waals surface area contributed by atoms with Crippen LogP contribution in [0.4, 0.5) is 0 Å². The topological polar surface area (TPSA) is 26.0 Å². The number of hydrogen-bond acceptors (Lipinski definition) is 1. The van der Waals surface area contributed by atoms with Crippen LogP contribution in [0.5, 0.6) is 0 Å². The van der Waals surface area contributed by atoms with Crippen molar-refractivity contribution >= 4 is 5.57 Å². The second kappa shape index (κ2) is 5.31. The Labute approximate surface area is 98.4 Å². The smallest absolute Gasteiger partial charge is 0.00366 e. The van der Waals surface area contributed by atoms with Crippen LogP contribution in [0, 0.1) is 6.92 Å². The fraction of sp³-hybridized carbons (Fsp3) is 0.467. The van der Waals surface area contributed by atoms with Gasteiger partial charge < -0.3 is 5.73 Å². The summed E-state index contributed by atoms with van der Waals surface area (Å²) >= 11 is 0. The third-order valence-corrected chi connectivity index (χ3v) is 3.42. The molecule has 1 nitrogen and oxygen atoms in total. The second-order valence-corrected chi connectivity index (χ2v) is 4.66. The first-order chi connectivity index (χ1) is 7.81. The van der Waals surface area contributed by atoms with E-state index in [2.05, 4.69) is 31.2 Å². The lowest BCUT2D eigenvalue weighted by atomic mass is 9.91. The fourth-order valence-corrected chi connectivity index (χ4v) is 2.40. The molecule has 0 atom stereocenters. The van der Waals surface area contributed by atoms with Gasteiger partial charge in [-0.2, -0.15) is 0 Å². The van der Waals surface area contributed by atoms with Crippen LogP contribution in [0.1, 0.15) is 42.4 Å². The Bertz CT molecular complexity index is 390. The predicted octanol–water partition coefficient (Wildman–Crippen LogP) is 3.45. The van der Waals surface area contributed by atoms with E-state index in [9.17, 15) is 0 Å². The lowest BCUT2D eigenvalue weighted by molar-refractivity contribution is 0.742. The van der Waals surface area contributed by atoms with Gasteiger partial charge in [-0.25, -0.2) is 0 Å². The lowest BCUT2D eigenvalue weighted by Gasteiger charge is -2.15. The van der Waals surface area contributed by atoms with Crippen molar-refractivity contribution in [2.45, 2.75) is 39.0 Å². The van der Waals surface area contributed by atoms with Gasteiger partial charge in [-0.1, -0.05) is 24.3 Å². The van der Waals surface area contributed by atoms with E-state index in [1.54, 1.807) is 0 Å². The van der Waals surface area contributed by atoms with Gasteiger partial charge in [0, 0.05) is 0 Å². The molecular weight excluding hydrogens is 194 g/mol. The molecular formula is C15H21N. The molecule has 0 fully saturated rings. The Morgan fingerprint density at radius 1 is 1.25 bits per heavy atom. The van der Waals surface area contributed by atoms with Crippen LogP contribution in [0.3, 0.4) is 0 Å². The maximum absolute atomic E-state index is 5.64. The van der Waals surface area contributed by atoms with Crippen molar-refractivity contribution < 1.29 is 0 Å². The minimum Gasteiger partial charge on any atom is -0.330 e. The van der Waals surface area contributed by atoms with E-state index in [-0.39, 0.29) is 0 Å². The molecule has 86 valence electrons. The van der Waals surface area contributed by atoms with Gasteiger partial charge in [0.05, 0.1) is 0 Å². The Hall–Kier alpha value is -1.08. The van der Waals surface area contributed by atoms with Gasteiger partial charge >= 0.3 is 0 Å². The van der Waals surface area contributed by atoms with Gasteiger partial charge in [0.1, 0.15) is 0 Å². The van der Waals surface area contributed by atoms with Crippen molar-refractivity contribution in [3.8, 4) is 0 Å². The number of nitrogens with two attached hydrogens (primary N) is 1. The van der Waals surface area contributed by atoms with Crippen LogP contribution in [0.25, 0.3) is 5.57 Å². The molecule has 1 aromatic rings. The average molecular weight is 215 g/mol. The van der Waals surface area contributed by atoms with E-state index in [1.807, 2.05) is 0 Å². The molecule has 2 rings (SSSR count). The average Bonchev–Trinajstić information content (AvgIpc) is 2.33. The van der Waals surface area contributed by atoms with Crippen LogP contribution in [0.15, 0.2) is 24.3 Å². The highest BCUT2D eigenvalue weighted by Crippen LogP contribution is 2.27. The van der Waals surface area contributed by atoms with E-state index < -0.39 is 0 Å². The maximum Gasteiger partial charge on any atom is -0.00366 e. The molecule has 16 heavy (non-hydrogen) atoms. The molecule has 0 saturated heterocycles. The van der Waals surface area contributed by atoms with E-state index in [1.165, 1.54) is 47.9 Å². The number of rotatable bonds is 3. The summed E-state index contributed by atoms with van der Waals surface area (Å²) in [4.78, 5) is 0. The Balaban J connectivity index is 2.27. The van der Waals surface area contributed by atoms with Gasteiger partial charge in [0.2, 0.25) is 0 Å². The van der Waals surface area contributed by atoms with E-state index in [0.717, 1.165) is 13.0 Å². The van der Waals surface area contributed by atoms with E-state index in [0.29, 0.717) is 0 Å². The standard InChI is InChI=1S/C15H21N/c1-12-7-8-15(11-14(12)9-10-16)13-5-3-2-4-6-13/h5,7-8,11H,2-4,6,9-10,16H2,1H3. The van der Waals surface area contributed by atoms with Crippen LogP contribution >= 0.6 is 0 Å². The Morgan fingerprint density at radius 2 is 2.12 bits per heavy atom. The molecule has 2 N–H and O–H groups in total. The number of benzene rings is 1. The van der Waals surface area contributed by atoms with E-state index >= 15 is 0 Å². The van der Waals surface area contributed by atoms with Crippen molar-refractivity contribution in [2.24, 2.45) is 5.73 Å². The van der Waals surface area contributed by atoms with Gasteiger partial charge in [-0.3, -0.25) is 0 Å². The second-order valence-electron chi connectivity index (χ2n) is 4.66. The van der Waals surface area contributed by atoms with Crippen molar-refractivity contribution in [1.29, 1.82) is 0 Å². The summed E-state index contributed by atoms with van der Waals surface area (Å²) in [5, 5.41) is 0. The zero-order valence-electron chi connectivity index (χ0n) is 10.1. The summed E-state index contributed by atoms with van der Waals surface area (Å²) in [7, 11) is 0. The zero-order chi connectivity index (χ0) is 11.4. The molecule has 0 aromatic heterocycles. The quantitative estimate of drug-likeness (QED) is 0.821. The van der Waals surface area contributed by atoms with Gasteiger partial charge in [-0.05, 0) is 67.8 Å². The number of hydrogen-bond donors (Lipinski definition) is 1. The van der Waals surface area contributed by atoms with Crippen LogP contribution in [-0.2, 0) is 6.42 Å². The third kappa shape index (κ3) is 2.53. The van der Waals surface area contributed by atoms with Crippen LogP contribution in [0.2, 0.25) is 0 Å². The summed E-state index contributed by atoms with van der Waals surface area (Å²) in [6.07, 6.45) is 8.57. The maximum atomic E-state index is 5.64. The van der Waals surface area contributed by atoms with Crippen LogP contribution in [-0.4, -0.2) is 6.54 Å². The summed E-state index contributed by atoms with van der Waals surface area (Å²) in [5.41, 5.74) is 11.4. The highest BCUT2D eigenvalue weighted by molar-refractivity contribution is 5.67. The first kappa shape index (κ1) is 11.4. The molecule has 0 heterocycles. The van der Waals surface area contributed by atoms with Crippen molar-refractivity contribution in [1.82, 2.24) is 0 Å². The molecule has 1 aromatic carbocycles. The lowest BCUT2D eigenvalue weighted by Crippen LogP contribution is -2.04.